The molecule has 1 aliphatic heterocycles. The Labute approximate surface area is 184 Å². The van der Waals surface area contributed by atoms with E-state index in [0.29, 0.717) is 0 Å². The summed E-state index contributed by atoms with van der Waals surface area (Å²) < 4.78 is 63.1. The summed E-state index contributed by atoms with van der Waals surface area (Å²) in [6, 6.07) is 3.89. The first kappa shape index (κ1) is 25.4. The van der Waals surface area contributed by atoms with Gasteiger partial charge in [0.1, 0.15) is 12.4 Å². The molecule has 1 aromatic rings. The van der Waals surface area contributed by atoms with E-state index >= 15 is 0 Å². The van der Waals surface area contributed by atoms with E-state index in [1.165, 1.54) is 34.5 Å². The summed E-state index contributed by atoms with van der Waals surface area (Å²) in [5, 5.41) is 0. The fourth-order valence-corrected chi connectivity index (χ4v) is 5.26. The number of likely N-dealkylation sites (N-methyl/N-ethyl adjacent to an activating group) is 1. The van der Waals surface area contributed by atoms with Crippen molar-refractivity contribution in [3.05, 3.63) is 23.8 Å². The zero-order valence-corrected chi connectivity index (χ0v) is 20.3. The van der Waals surface area contributed by atoms with Crippen LogP contribution in [-0.2, 0) is 24.8 Å². The van der Waals surface area contributed by atoms with Gasteiger partial charge in [0.2, 0.25) is 20.0 Å². The van der Waals surface area contributed by atoms with Crippen molar-refractivity contribution in [3.8, 4) is 5.75 Å². The molecule has 0 unspecified atom stereocenters. The molecular weight excluding hydrogens is 446 g/mol. The zero-order valence-electron chi connectivity index (χ0n) is 18.7. The lowest BCUT2D eigenvalue weighted by Gasteiger charge is -2.34. The zero-order chi connectivity index (χ0) is 23.6. The van der Waals surface area contributed by atoms with Crippen LogP contribution in [0.3, 0.4) is 0 Å². The molecule has 1 N–H and O–H groups in total. The van der Waals surface area contributed by atoms with Crippen LogP contribution < -0.4 is 9.46 Å². The number of benzene rings is 1. The van der Waals surface area contributed by atoms with Gasteiger partial charge < -0.3 is 14.4 Å². The molecule has 0 aromatic heterocycles. The fraction of sp³-hybridized carbons (Fsp3) is 0.632. The Morgan fingerprint density at radius 3 is 2.32 bits per heavy atom. The number of carbonyl (C=O) groups excluding carboxylic acids is 1. The SMILES string of the molecule is CO[C@@H]1CN(C)C(=O)c2cc(NS(C)(=O)=O)ccc2OC[C@H](C)N(S(C)(=O)=O)C[C@H]1C. The van der Waals surface area contributed by atoms with Gasteiger partial charge in [0, 0.05) is 32.9 Å². The Balaban J connectivity index is 2.52. The number of rotatable bonds is 4. The van der Waals surface area contributed by atoms with Crippen molar-refractivity contribution < 1.29 is 31.1 Å². The fourth-order valence-electron chi connectivity index (χ4n) is 3.48. The molecule has 0 fully saturated rings. The van der Waals surface area contributed by atoms with E-state index in [-0.39, 0.29) is 48.5 Å². The Hall–Kier alpha value is -1.89. The molecule has 1 heterocycles. The Morgan fingerprint density at radius 1 is 1.13 bits per heavy atom. The third-order valence-corrected chi connectivity index (χ3v) is 7.08. The van der Waals surface area contributed by atoms with Crippen LogP contribution in [0, 0.1) is 5.92 Å². The minimum atomic E-state index is -3.54. The first-order valence-electron chi connectivity index (χ1n) is 9.72. The number of amides is 1. The highest BCUT2D eigenvalue weighted by Crippen LogP contribution is 2.27. The van der Waals surface area contributed by atoms with E-state index in [1.54, 1.807) is 14.0 Å². The largest absolute Gasteiger partial charge is 0.491 e. The summed E-state index contributed by atoms with van der Waals surface area (Å²) in [6.07, 6.45) is 1.76. The number of nitrogens with one attached hydrogen (secondary N) is 1. The molecule has 12 heteroatoms. The van der Waals surface area contributed by atoms with Crippen LogP contribution in [0.15, 0.2) is 18.2 Å². The van der Waals surface area contributed by atoms with Crippen LogP contribution >= 0.6 is 0 Å². The third kappa shape index (κ3) is 6.79. The van der Waals surface area contributed by atoms with E-state index in [0.717, 1.165) is 12.5 Å². The minimum Gasteiger partial charge on any atom is -0.491 e. The quantitative estimate of drug-likeness (QED) is 0.681. The van der Waals surface area contributed by atoms with Gasteiger partial charge in [-0.3, -0.25) is 9.52 Å². The molecule has 0 aliphatic carbocycles. The lowest BCUT2D eigenvalue weighted by Crippen LogP contribution is -2.48. The standard InChI is InChI=1S/C19H31N3O7S2/c1-13-10-22(31(6,26)27)14(2)12-29-17-8-7-15(20-30(5,24)25)9-16(17)19(23)21(3)11-18(13)28-4/h7-9,13-14,18,20H,10-12H2,1-6H3/t13-,14+,18-/m1/s1. The molecule has 0 saturated carbocycles. The predicted molar refractivity (Wildman–Crippen MR) is 118 cm³/mol. The van der Waals surface area contributed by atoms with Crippen LogP contribution in [0.4, 0.5) is 5.69 Å². The van der Waals surface area contributed by atoms with Crippen molar-refractivity contribution in [2.24, 2.45) is 5.92 Å². The molecule has 0 radical (unpaired) electrons. The number of nitrogens with zero attached hydrogens (tertiary/aromatic N) is 2. The summed E-state index contributed by atoms with van der Waals surface area (Å²) >= 11 is 0. The number of carbonyl (C=O) groups is 1. The first-order chi connectivity index (χ1) is 14.2. The molecule has 2 rings (SSSR count). The number of sulfonamides is 2. The molecule has 10 nitrogen and oxygen atoms in total. The van der Waals surface area contributed by atoms with E-state index in [1.807, 2.05) is 6.92 Å². The maximum absolute atomic E-state index is 13.2. The second-order valence-corrected chi connectivity index (χ2v) is 11.7. The summed E-state index contributed by atoms with van der Waals surface area (Å²) in [5.74, 6) is -0.331. The van der Waals surface area contributed by atoms with Crippen LogP contribution in [-0.4, -0.2) is 90.5 Å². The van der Waals surface area contributed by atoms with Crippen LogP contribution in [0.25, 0.3) is 0 Å². The molecule has 3 atom stereocenters. The molecule has 31 heavy (non-hydrogen) atoms. The van der Waals surface area contributed by atoms with Gasteiger partial charge in [0.05, 0.1) is 30.2 Å². The maximum atomic E-state index is 13.2. The second kappa shape index (κ2) is 9.72. The number of anilines is 1. The van der Waals surface area contributed by atoms with Crippen molar-refractivity contribution in [1.29, 1.82) is 0 Å². The molecule has 1 aromatic carbocycles. The molecule has 0 spiro atoms. The van der Waals surface area contributed by atoms with E-state index in [9.17, 15) is 21.6 Å². The first-order valence-corrected chi connectivity index (χ1v) is 13.5. The van der Waals surface area contributed by atoms with Crippen molar-refractivity contribution in [2.45, 2.75) is 26.0 Å². The van der Waals surface area contributed by atoms with E-state index in [4.69, 9.17) is 9.47 Å². The summed E-state index contributed by atoms with van der Waals surface area (Å²) in [6.45, 7) is 4.04. The van der Waals surface area contributed by atoms with E-state index < -0.39 is 32.2 Å². The van der Waals surface area contributed by atoms with Gasteiger partial charge in [-0.1, -0.05) is 6.92 Å². The molecule has 176 valence electrons. The van der Waals surface area contributed by atoms with Gasteiger partial charge in [-0.05, 0) is 31.0 Å². The molecular formula is C19H31N3O7S2. The number of fused-ring (bicyclic) bond motifs is 1. The Morgan fingerprint density at radius 2 is 1.77 bits per heavy atom. The Bertz CT molecular complexity index is 1010. The van der Waals surface area contributed by atoms with E-state index in [2.05, 4.69) is 4.72 Å². The van der Waals surface area contributed by atoms with Crippen LogP contribution in [0.1, 0.15) is 24.2 Å². The molecule has 0 bridgehead atoms. The average molecular weight is 478 g/mol. The number of methoxy groups -OCH3 is 1. The minimum absolute atomic E-state index is 0.0142. The van der Waals surface area contributed by atoms with Crippen LogP contribution in [0.5, 0.6) is 5.75 Å². The lowest BCUT2D eigenvalue weighted by molar-refractivity contribution is 0.0213. The molecule has 0 saturated heterocycles. The number of hydrogen-bond donors (Lipinski definition) is 1. The van der Waals surface area contributed by atoms with Crippen LogP contribution in [0.2, 0.25) is 0 Å². The highest BCUT2D eigenvalue weighted by molar-refractivity contribution is 7.92. The maximum Gasteiger partial charge on any atom is 0.257 e. The molecule has 1 amide bonds. The topological polar surface area (TPSA) is 122 Å². The second-order valence-electron chi connectivity index (χ2n) is 8.01. The van der Waals surface area contributed by atoms with Crippen molar-refractivity contribution in [3.63, 3.8) is 0 Å². The van der Waals surface area contributed by atoms with Crippen molar-refractivity contribution in [1.82, 2.24) is 9.21 Å². The highest BCUT2D eigenvalue weighted by atomic mass is 32.2. The monoisotopic (exact) mass is 477 g/mol. The van der Waals surface area contributed by atoms with Crippen molar-refractivity contribution >= 4 is 31.6 Å². The van der Waals surface area contributed by atoms with Gasteiger partial charge >= 0.3 is 0 Å². The van der Waals surface area contributed by atoms with Crippen molar-refractivity contribution in [2.75, 3.05) is 51.1 Å². The predicted octanol–water partition coefficient (Wildman–Crippen LogP) is 0.824. The average Bonchev–Trinajstić information content (AvgIpc) is 2.65. The summed E-state index contributed by atoms with van der Waals surface area (Å²) in [4.78, 5) is 14.6. The van der Waals surface area contributed by atoms with Gasteiger partial charge in [0.15, 0.2) is 0 Å². The van der Waals surface area contributed by atoms with Gasteiger partial charge in [-0.25, -0.2) is 16.8 Å². The number of ether oxygens (including phenoxy) is 2. The Kier molecular flexibility index (Phi) is 7.95. The van der Waals surface area contributed by atoms with Gasteiger partial charge in [0.25, 0.3) is 5.91 Å². The summed E-state index contributed by atoms with van der Waals surface area (Å²) in [5.41, 5.74) is 0.387. The van der Waals surface area contributed by atoms with Gasteiger partial charge in [-0.2, -0.15) is 4.31 Å². The number of hydrogen-bond acceptors (Lipinski definition) is 7. The normalized spacial score (nSPS) is 24.5. The highest BCUT2D eigenvalue weighted by Gasteiger charge is 2.32. The lowest BCUT2D eigenvalue weighted by atomic mass is 10.0. The summed E-state index contributed by atoms with van der Waals surface area (Å²) in [7, 11) is -3.93. The smallest absolute Gasteiger partial charge is 0.257 e. The molecule has 1 aliphatic rings. The van der Waals surface area contributed by atoms with Gasteiger partial charge in [-0.15, -0.1) is 0 Å². The third-order valence-electron chi connectivity index (χ3n) is 5.12.